The fourth-order valence-corrected chi connectivity index (χ4v) is 2.63. The third kappa shape index (κ3) is 10.5. The van der Waals surface area contributed by atoms with Crippen molar-refractivity contribution in [1.29, 1.82) is 0 Å². The van der Waals surface area contributed by atoms with E-state index in [2.05, 4.69) is 22.8 Å². The van der Waals surface area contributed by atoms with Crippen molar-refractivity contribution in [3.05, 3.63) is 66.2 Å². The Labute approximate surface area is 174 Å². The standard InChI is InChI=1S/C20H28N2O3.2ClH/c1-24-20(17-8-4-2-5-9-17)15-22-13-12-21-14-18(23)16-25-19-10-6-3-7-11-19;;/h2-11,18,20-23H,12-16H2,1H3;2*1H. The monoisotopic (exact) mass is 416 g/mol. The van der Waals surface area contributed by atoms with E-state index in [0.717, 1.165) is 25.4 Å². The summed E-state index contributed by atoms with van der Waals surface area (Å²) in [6.07, 6.45) is -0.345. The molecule has 0 radical (unpaired) electrons. The Kier molecular flexibility index (Phi) is 14.9. The van der Waals surface area contributed by atoms with Crippen LogP contribution in [0, 0.1) is 0 Å². The third-order valence-corrected chi connectivity index (χ3v) is 4.04. The van der Waals surface area contributed by atoms with Gasteiger partial charge in [-0.3, -0.25) is 0 Å². The second kappa shape index (κ2) is 15.7. The Hall–Kier alpha value is -1.34. The van der Waals surface area contributed by atoms with Crippen LogP contribution >= 0.6 is 0 Å². The van der Waals surface area contributed by atoms with Crippen molar-refractivity contribution in [2.75, 3.05) is 39.9 Å². The number of hydrogen-bond donors (Lipinski definition) is 3. The Morgan fingerprint density at radius 2 is 1.41 bits per heavy atom. The minimum absolute atomic E-state index is 0. The van der Waals surface area contributed by atoms with Gasteiger partial charge in [-0.2, -0.15) is 0 Å². The number of hydrogen-bond acceptors (Lipinski definition) is 3. The summed E-state index contributed by atoms with van der Waals surface area (Å²) in [7, 11) is 1.75. The van der Waals surface area contributed by atoms with E-state index in [0.29, 0.717) is 13.2 Å². The SMILES string of the molecule is COC(C[NH2+]CC[NH2+]CC(O)COc1ccccc1)c1ccccc1.[Cl-].[Cl-]. The average Bonchev–Trinajstić information content (AvgIpc) is 2.67. The van der Waals surface area contributed by atoms with Gasteiger partial charge in [0.2, 0.25) is 0 Å². The first-order valence-electron chi connectivity index (χ1n) is 8.86. The molecule has 0 aliphatic rings. The molecule has 0 amide bonds. The average molecular weight is 417 g/mol. The van der Waals surface area contributed by atoms with Crippen molar-refractivity contribution >= 4 is 0 Å². The summed E-state index contributed by atoms with van der Waals surface area (Å²) in [5.41, 5.74) is 1.21. The van der Waals surface area contributed by atoms with Crippen LogP contribution in [-0.4, -0.2) is 51.1 Å². The van der Waals surface area contributed by atoms with E-state index in [-0.39, 0.29) is 30.9 Å². The van der Waals surface area contributed by atoms with Crippen LogP contribution in [0.2, 0.25) is 0 Å². The van der Waals surface area contributed by atoms with Gasteiger partial charge in [-0.1, -0.05) is 48.5 Å². The number of para-hydroxylation sites is 1. The summed E-state index contributed by atoms with van der Waals surface area (Å²) < 4.78 is 11.1. The van der Waals surface area contributed by atoms with Gasteiger partial charge in [0.25, 0.3) is 0 Å². The third-order valence-electron chi connectivity index (χ3n) is 4.04. The summed E-state index contributed by atoms with van der Waals surface area (Å²) in [5.74, 6) is 0.793. The molecule has 2 atom stereocenters. The number of methoxy groups -OCH3 is 1. The zero-order valence-electron chi connectivity index (χ0n) is 15.6. The van der Waals surface area contributed by atoms with E-state index in [1.807, 2.05) is 48.5 Å². The fourth-order valence-electron chi connectivity index (χ4n) is 2.63. The number of aliphatic hydroxyl groups is 1. The van der Waals surface area contributed by atoms with Crippen molar-refractivity contribution in [2.45, 2.75) is 12.2 Å². The van der Waals surface area contributed by atoms with Crippen LogP contribution in [0.1, 0.15) is 11.7 Å². The van der Waals surface area contributed by atoms with Crippen LogP contribution in [0.25, 0.3) is 0 Å². The van der Waals surface area contributed by atoms with Gasteiger partial charge >= 0.3 is 0 Å². The first-order valence-corrected chi connectivity index (χ1v) is 8.86. The van der Waals surface area contributed by atoms with Gasteiger partial charge in [0.05, 0.1) is 0 Å². The molecule has 0 saturated heterocycles. The maximum Gasteiger partial charge on any atom is 0.137 e. The summed E-state index contributed by atoms with van der Waals surface area (Å²) in [6.45, 7) is 3.80. The highest BCUT2D eigenvalue weighted by Gasteiger charge is 2.12. The highest BCUT2D eigenvalue weighted by molar-refractivity contribution is 5.20. The quantitative estimate of drug-likeness (QED) is 0.301. The molecule has 0 spiro atoms. The second-order valence-electron chi connectivity index (χ2n) is 6.04. The lowest BCUT2D eigenvalue weighted by Crippen LogP contribution is -3.00. The molecule has 7 heteroatoms. The zero-order valence-corrected chi connectivity index (χ0v) is 17.1. The van der Waals surface area contributed by atoms with Gasteiger partial charge in [-0.15, -0.1) is 0 Å². The number of ether oxygens (including phenoxy) is 2. The second-order valence-corrected chi connectivity index (χ2v) is 6.04. The largest absolute Gasteiger partial charge is 1.00 e. The molecule has 0 aromatic heterocycles. The minimum atomic E-state index is -0.462. The molecule has 152 valence electrons. The number of nitrogens with two attached hydrogens (primary N) is 2. The minimum Gasteiger partial charge on any atom is -1.00 e. The molecule has 27 heavy (non-hydrogen) atoms. The topological polar surface area (TPSA) is 71.9 Å². The molecule has 0 heterocycles. The van der Waals surface area contributed by atoms with Gasteiger partial charge in [-0.05, 0) is 17.7 Å². The van der Waals surface area contributed by atoms with Crippen molar-refractivity contribution in [1.82, 2.24) is 0 Å². The lowest BCUT2D eigenvalue weighted by Gasteiger charge is -2.14. The number of rotatable bonds is 12. The van der Waals surface area contributed by atoms with E-state index in [9.17, 15) is 5.11 Å². The molecule has 0 bridgehead atoms. The van der Waals surface area contributed by atoms with Crippen molar-refractivity contribution < 1.29 is 50.0 Å². The summed E-state index contributed by atoms with van der Waals surface area (Å²) in [5, 5.41) is 14.3. The predicted octanol–water partition coefficient (Wildman–Crippen LogP) is -6.05. The van der Waals surface area contributed by atoms with Crippen LogP contribution < -0.4 is 40.2 Å². The summed E-state index contributed by atoms with van der Waals surface area (Å²) in [4.78, 5) is 0. The molecule has 0 aliphatic carbocycles. The molecule has 2 aromatic rings. The van der Waals surface area contributed by atoms with Crippen LogP contribution in [0.3, 0.4) is 0 Å². The Morgan fingerprint density at radius 3 is 2.00 bits per heavy atom. The summed E-state index contributed by atoms with van der Waals surface area (Å²) >= 11 is 0. The van der Waals surface area contributed by atoms with E-state index >= 15 is 0 Å². The molecule has 0 fully saturated rings. The van der Waals surface area contributed by atoms with Crippen LogP contribution in [0.5, 0.6) is 5.75 Å². The fraction of sp³-hybridized carbons (Fsp3) is 0.400. The highest BCUT2D eigenvalue weighted by Crippen LogP contribution is 2.13. The number of quaternary nitrogens is 2. The Morgan fingerprint density at radius 1 is 0.852 bits per heavy atom. The maximum absolute atomic E-state index is 9.96. The number of halogens is 2. The Balaban J connectivity index is 0.00000338. The number of benzene rings is 2. The normalized spacial score (nSPS) is 12.4. The molecule has 0 saturated carbocycles. The summed E-state index contributed by atoms with van der Waals surface area (Å²) in [6, 6.07) is 19.9. The molecular formula is C20H30Cl2N2O3. The highest BCUT2D eigenvalue weighted by atomic mass is 35.5. The predicted molar refractivity (Wildman–Crippen MR) is 97.5 cm³/mol. The smallest absolute Gasteiger partial charge is 0.137 e. The van der Waals surface area contributed by atoms with E-state index in [1.165, 1.54) is 5.56 Å². The van der Waals surface area contributed by atoms with E-state index in [1.54, 1.807) is 7.11 Å². The zero-order chi connectivity index (χ0) is 17.7. The van der Waals surface area contributed by atoms with Crippen molar-refractivity contribution in [3.63, 3.8) is 0 Å². The Bertz CT molecular complexity index is 576. The van der Waals surface area contributed by atoms with Crippen molar-refractivity contribution in [2.24, 2.45) is 0 Å². The molecule has 2 unspecified atom stereocenters. The van der Waals surface area contributed by atoms with Gasteiger partial charge in [0.1, 0.15) is 50.7 Å². The first-order chi connectivity index (χ1) is 12.3. The lowest BCUT2D eigenvalue weighted by atomic mass is 10.1. The van der Waals surface area contributed by atoms with Gasteiger partial charge in [-0.25, -0.2) is 0 Å². The van der Waals surface area contributed by atoms with E-state index in [4.69, 9.17) is 9.47 Å². The van der Waals surface area contributed by atoms with Gasteiger partial charge in [0, 0.05) is 7.11 Å². The molecular weight excluding hydrogens is 387 g/mol. The van der Waals surface area contributed by atoms with Gasteiger partial charge in [0.15, 0.2) is 0 Å². The molecule has 5 N–H and O–H groups in total. The van der Waals surface area contributed by atoms with Crippen LogP contribution in [-0.2, 0) is 4.74 Å². The lowest BCUT2D eigenvalue weighted by molar-refractivity contribution is -0.728. The molecule has 2 aromatic carbocycles. The number of aliphatic hydroxyl groups excluding tert-OH is 1. The molecule has 2 rings (SSSR count). The maximum atomic E-state index is 9.96. The van der Waals surface area contributed by atoms with Gasteiger partial charge < -0.3 is 50.0 Å². The molecule has 0 aliphatic heterocycles. The first kappa shape index (κ1) is 25.7. The van der Waals surface area contributed by atoms with E-state index < -0.39 is 6.10 Å². The molecule has 5 nitrogen and oxygen atoms in total. The van der Waals surface area contributed by atoms with Crippen LogP contribution in [0.15, 0.2) is 60.7 Å². The van der Waals surface area contributed by atoms with Crippen LogP contribution in [0.4, 0.5) is 0 Å². The van der Waals surface area contributed by atoms with Crippen molar-refractivity contribution in [3.8, 4) is 5.75 Å².